The Kier molecular flexibility index (Phi) is 14.3. The topological polar surface area (TPSA) is 64.3 Å². The quantitative estimate of drug-likeness (QED) is 0.208. The second-order valence-corrected chi connectivity index (χ2v) is 10.0. The predicted molar refractivity (Wildman–Crippen MR) is 147 cm³/mol. The van der Waals surface area contributed by atoms with Crippen molar-refractivity contribution in [1.82, 2.24) is 4.90 Å². The maximum Gasteiger partial charge on any atom is 0.257 e. The fourth-order valence-electron chi connectivity index (χ4n) is 4.65. The van der Waals surface area contributed by atoms with Gasteiger partial charge < -0.3 is 10.0 Å². The first-order valence-electron chi connectivity index (χ1n) is 13.7. The van der Waals surface area contributed by atoms with Gasteiger partial charge in [-0.3, -0.25) is 4.79 Å². The third-order valence-electron chi connectivity index (χ3n) is 6.76. The maximum absolute atomic E-state index is 13.2. The summed E-state index contributed by atoms with van der Waals surface area (Å²) in [5.41, 5.74) is 0.206. The number of hydrogen-bond acceptors (Lipinski definition) is 3. The number of carbonyl (C=O) groups is 1. The molecule has 5 heteroatoms. The van der Waals surface area contributed by atoms with Crippen LogP contribution in [0.5, 0.6) is 5.75 Å². The van der Waals surface area contributed by atoms with Crippen molar-refractivity contribution >= 4 is 28.3 Å². The molecule has 0 atom stereocenters. The highest BCUT2D eigenvalue weighted by molar-refractivity contribution is 6.36. The van der Waals surface area contributed by atoms with Crippen molar-refractivity contribution < 1.29 is 9.90 Å². The Labute approximate surface area is 217 Å². The molecule has 0 aromatic heterocycles. The first-order valence-corrected chi connectivity index (χ1v) is 14.0. The van der Waals surface area contributed by atoms with Crippen molar-refractivity contribution in [1.29, 1.82) is 5.26 Å². The van der Waals surface area contributed by atoms with E-state index in [0.717, 1.165) is 18.2 Å². The van der Waals surface area contributed by atoms with Crippen LogP contribution in [0.15, 0.2) is 30.3 Å². The van der Waals surface area contributed by atoms with Crippen LogP contribution in [-0.4, -0.2) is 29.0 Å². The number of rotatable bonds is 18. The lowest BCUT2D eigenvalue weighted by Crippen LogP contribution is -2.33. The molecule has 4 nitrogen and oxygen atoms in total. The molecule has 0 aliphatic rings. The summed E-state index contributed by atoms with van der Waals surface area (Å²) < 4.78 is 0. The fraction of sp³-hybridized carbons (Fsp3) is 0.600. The van der Waals surface area contributed by atoms with Gasteiger partial charge in [0.05, 0.1) is 18.1 Å². The SMILES string of the molecule is CCCCCCCCCCCCCCCCN(CCC#N)C(=O)c1cc(Cl)c2ccccc2c1O. The van der Waals surface area contributed by atoms with Gasteiger partial charge in [-0.15, -0.1) is 0 Å². The number of nitrogens with zero attached hydrogens (tertiary/aromatic N) is 2. The summed E-state index contributed by atoms with van der Waals surface area (Å²) in [7, 11) is 0. The van der Waals surface area contributed by atoms with Crippen molar-refractivity contribution in [3.05, 3.63) is 40.9 Å². The molecule has 0 bridgehead atoms. The number of nitriles is 1. The zero-order valence-corrected chi connectivity index (χ0v) is 22.3. The van der Waals surface area contributed by atoms with E-state index in [2.05, 4.69) is 13.0 Å². The smallest absolute Gasteiger partial charge is 0.257 e. The lowest BCUT2D eigenvalue weighted by molar-refractivity contribution is 0.0753. The van der Waals surface area contributed by atoms with Crippen LogP contribution in [0.1, 0.15) is 114 Å². The van der Waals surface area contributed by atoms with Crippen LogP contribution < -0.4 is 0 Å². The first kappa shape index (κ1) is 29.0. The summed E-state index contributed by atoms with van der Waals surface area (Å²) in [6.45, 7) is 3.21. The summed E-state index contributed by atoms with van der Waals surface area (Å²) in [6, 6.07) is 10.9. The zero-order chi connectivity index (χ0) is 25.3. The summed E-state index contributed by atoms with van der Waals surface area (Å²) in [4.78, 5) is 14.9. The molecule has 2 aromatic carbocycles. The largest absolute Gasteiger partial charge is 0.506 e. The molecule has 0 saturated carbocycles. The number of phenolic OH excluding ortho intramolecular Hbond substituents is 1. The first-order chi connectivity index (χ1) is 17.1. The third-order valence-corrected chi connectivity index (χ3v) is 7.07. The molecule has 192 valence electrons. The van der Waals surface area contributed by atoms with Crippen molar-refractivity contribution in [2.24, 2.45) is 0 Å². The van der Waals surface area contributed by atoms with Gasteiger partial charge >= 0.3 is 0 Å². The normalized spacial score (nSPS) is 11.0. The molecule has 2 rings (SSSR count). The minimum absolute atomic E-state index is 0.0436. The maximum atomic E-state index is 13.2. The zero-order valence-electron chi connectivity index (χ0n) is 21.5. The molecule has 0 radical (unpaired) electrons. The van der Waals surface area contributed by atoms with E-state index in [1.807, 2.05) is 18.2 Å². The van der Waals surface area contributed by atoms with Crippen LogP contribution in [0.25, 0.3) is 10.8 Å². The minimum atomic E-state index is -0.264. The van der Waals surface area contributed by atoms with Crippen LogP contribution >= 0.6 is 11.6 Å². The van der Waals surface area contributed by atoms with E-state index in [1.54, 1.807) is 17.0 Å². The number of carbonyl (C=O) groups excluding carboxylic acids is 1. The van der Waals surface area contributed by atoms with Crippen molar-refractivity contribution in [3.8, 4) is 11.8 Å². The van der Waals surface area contributed by atoms with Gasteiger partial charge in [0.15, 0.2) is 0 Å². The number of aromatic hydroxyl groups is 1. The summed E-state index contributed by atoms with van der Waals surface area (Å²) >= 11 is 6.39. The minimum Gasteiger partial charge on any atom is -0.506 e. The van der Waals surface area contributed by atoms with E-state index < -0.39 is 0 Å². The number of benzene rings is 2. The van der Waals surface area contributed by atoms with Crippen molar-refractivity contribution in [2.75, 3.05) is 13.1 Å². The molecule has 1 N–H and O–H groups in total. The Balaban J connectivity index is 1.72. The monoisotopic (exact) mass is 498 g/mol. The van der Waals surface area contributed by atoms with Gasteiger partial charge in [0, 0.05) is 28.9 Å². The van der Waals surface area contributed by atoms with Crippen LogP contribution in [0, 0.1) is 11.3 Å². The molecular weight excluding hydrogens is 456 g/mol. The van der Waals surface area contributed by atoms with E-state index in [9.17, 15) is 9.90 Å². The molecule has 0 aliphatic heterocycles. The Hall–Kier alpha value is -2.25. The summed E-state index contributed by atoms with van der Waals surface area (Å²) in [6.07, 6.45) is 18.2. The molecule has 35 heavy (non-hydrogen) atoms. The molecule has 0 unspecified atom stereocenters. The highest BCUT2D eigenvalue weighted by Crippen LogP contribution is 2.35. The Morgan fingerprint density at radius 2 is 1.37 bits per heavy atom. The molecule has 0 heterocycles. The fourth-order valence-corrected chi connectivity index (χ4v) is 4.92. The average Bonchev–Trinajstić information content (AvgIpc) is 2.87. The van der Waals surface area contributed by atoms with Gasteiger partial charge in [0.2, 0.25) is 0 Å². The molecule has 0 aliphatic carbocycles. The summed E-state index contributed by atoms with van der Waals surface area (Å²) in [5, 5.41) is 21.5. The number of fused-ring (bicyclic) bond motifs is 1. The van der Waals surface area contributed by atoms with Gasteiger partial charge in [0.1, 0.15) is 5.75 Å². The van der Waals surface area contributed by atoms with Gasteiger partial charge in [-0.05, 0) is 12.5 Å². The molecule has 0 saturated heterocycles. The van der Waals surface area contributed by atoms with E-state index in [-0.39, 0.29) is 23.6 Å². The van der Waals surface area contributed by atoms with Crippen LogP contribution in [-0.2, 0) is 0 Å². The molecular formula is C30H43ClN2O2. The number of hydrogen-bond donors (Lipinski definition) is 1. The number of halogens is 1. The highest BCUT2D eigenvalue weighted by atomic mass is 35.5. The number of unbranched alkanes of at least 4 members (excludes halogenated alkanes) is 13. The highest BCUT2D eigenvalue weighted by Gasteiger charge is 2.21. The van der Waals surface area contributed by atoms with E-state index in [4.69, 9.17) is 16.9 Å². The van der Waals surface area contributed by atoms with E-state index in [1.165, 1.54) is 77.0 Å². The van der Waals surface area contributed by atoms with Crippen molar-refractivity contribution in [3.63, 3.8) is 0 Å². The Morgan fingerprint density at radius 1 is 0.857 bits per heavy atom. The molecule has 2 aromatic rings. The van der Waals surface area contributed by atoms with Gasteiger partial charge in [-0.25, -0.2) is 0 Å². The van der Waals surface area contributed by atoms with Crippen LogP contribution in [0.3, 0.4) is 0 Å². The second-order valence-electron chi connectivity index (χ2n) is 9.60. The lowest BCUT2D eigenvalue weighted by atomic mass is 10.0. The van der Waals surface area contributed by atoms with Gasteiger partial charge in [-0.1, -0.05) is 126 Å². The van der Waals surface area contributed by atoms with Crippen LogP contribution in [0.4, 0.5) is 0 Å². The van der Waals surface area contributed by atoms with Gasteiger partial charge in [-0.2, -0.15) is 5.26 Å². The molecule has 0 fully saturated rings. The number of amides is 1. The van der Waals surface area contributed by atoms with Crippen LogP contribution in [0.2, 0.25) is 5.02 Å². The van der Waals surface area contributed by atoms with Gasteiger partial charge in [0.25, 0.3) is 5.91 Å². The molecule has 1 amide bonds. The summed E-state index contributed by atoms with van der Waals surface area (Å²) in [5.74, 6) is -0.307. The lowest BCUT2D eigenvalue weighted by Gasteiger charge is -2.23. The van der Waals surface area contributed by atoms with E-state index in [0.29, 0.717) is 23.5 Å². The Morgan fingerprint density at radius 3 is 1.91 bits per heavy atom. The molecule has 0 spiro atoms. The Bertz CT molecular complexity index is 938. The van der Waals surface area contributed by atoms with E-state index >= 15 is 0 Å². The number of phenols is 1. The predicted octanol–water partition coefficient (Wildman–Crippen LogP) is 9.04. The average molecular weight is 499 g/mol. The second kappa shape index (κ2) is 17.2. The third kappa shape index (κ3) is 10.1. The standard InChI is InChI=1S/C30H43ClN2O2/c1-2-3-4-5-6-7-8-9-10-11-12-13-14-17-22-33(23-18-21-32)30(35)27-24-28(31)25-19-15-16-20-26(25)29(27)34/h15-16,19-20,24,34H,2-14,17-18,22-23H2,1H3. The van der Waals surface area contributed by atoms with Crippen molar-refractivity contribution in [2.45, 2.75) is 103 Å².